The first-order chi connectivity index (χ1) is 4.20. The maximum atomic E-state index is 10.2. The maximum absolute atomic E-state index is 10.2. The average Bonchev–Trinajstić information content (AvgIpc) is 2.14. The third-order valence-electron chi connectivity index (χ3n) is 0.739. The minimum atomic E-state index is -1.95. The number of hydrogen-bond acceptors (Lipinski definition) is 3. The van der Waals surface area contributed by atoms with Crippen molar-refractivity contribution in [3.63, 3.8) is 0 Å². The molecule has 1 rings (SSSR count). The topological polar surface area (TPSA) is 57.5 Å². The predicted octanol–water partition coefficient (Wildman–Crippen LogP) is 1.03. The van der Waals surface area contributed by atoms with E-state index in [0.29, 0.717) is 0 Å². The molecule has 5 heteroatoms. The Kier molecular flexibility index (Phi) is 1.84. The van der Waals surface area contributed by atoms with Gasteiger partial charge in [0.1, 0.15) is 4.21 Å². The quantitative estimate of drug-likeness (QED) is 0.609. The van der Waals surface area contributed by atoms with Gasteiger partial charge in [0, 0.05) is 0 Å². The molecule has 0 radical (unpaired) electrons. The first-order valence-corrected chi connectivity index (χ1v) is 4.02. The van der Waals surface area contributed by atoms with Gasteiger partial charge >= 0.3 is 0 Å². The van der Waals surface area contributed by atoms with Crippen molar-refractivity contribution < 1.29 is 13.9 Å². The van der Waals surface area contributed by atoms with Gasteiger partial charge in [0.25, 0.3) is 0 Å². The highest BCUT2D eigenvalue weighted by Gasteiger charge is 2.01. The van der Waals surface area contributed by atoms with Crippen LogP contribution in [0, 0.1) is 0 Å². The number of hydrogen-bond donors (Lipinski definition) is 2. The molecule has 1 unspecified atom stereocenters. The SMILES string of the molecule is O=S(O)c1ccc(O)s1. The van der Waals surface area contributed by atoms with Crippen LogP contribution in [0.5, 0.6) is 5.06 Å². The lowest BCUT2D eigenvalue weighted by molar-refractivity contribution is 0.491. The summed E-state index contributed by atoms with van der Waals surface area (Å²) in [4.78, 5) is 0. The van der Waals surface area contributed by atoms with Crippen LogP contribution in [0.4, 0.5) is 0 Å². The van der Waals surface area contributed by atoms with E-state index in [1.54, 1.807) is 0 Å². The Balaban J connectivity index is 2.98. The summed E-state index contributed by atoms with van der Waals surface area (Å²) in [5.74, 6) is 0. The van der Waals surface area contributed by atoms with E-state index in [4.69, 9.17) is 9.66 Å². The van der Waals surface area contributed by atoms with Crippen molar-refractivity contribution in [2.45, 2.75) is 4.21 Å². The lowest BCUT2D eigenvalue weighted by Gasteiger charge is -1.80. The number of thiophene rings is 1. The Morgan fingerprint density at radius 3 is 2.44 bits per heavy atom. The molecule has 0 fully saturated rings. The Labute approximate surface area is 58.2 Å². The van der Waals surface area contributed by atoms with Gasteiger partial charge in [-0.1, -0.05) is 11.3 Å². The van der Waals surface area contributed by atoms with Gasteiger partial charge in [-0.3, -0.25) is 0 Å². The van der Waals surface area contributed by atoms with Crippen molar-refractivity contribution in [1.29, 1.82) is 0 Å². The molecule has 0 spiro atoms. The van der Waals surface area contributed by atoms with Crippen LogP contribution in [0.25, 0.3) is 0 Å². The average molecular weight is 164 g/mol. The van der Waals surface area contributed by atoms with Crippen molar-refractivity contribution in [3.05, 3.63) is 12.1 Å². The Hall–Kier alpha value is -0.390. The molecule has 0 bridgehead atoms. The molecule has 1 aromatic rings. The van der Waals surface area contributed by atoms with Gasteiger partial charge < -0.3 is 9.66 Å². The Bertz CT molecular complexity index is 229. The molecule has 0 aliphatic rings. The monoisotopic (exact) mass is 164 g/mol. The Morgan fingerprint density at radius 2 is 2.22 bits per heavy atom. The van der Waals surface area contributed by atoms with Gasteiger partial charge in [-0.15, -0.1) is 0 Å². The molecule has 1 aromatic heterocycles. The molecule has 0 amide bonds. The summed E-state index contributed by atoms with van der Waals surface area (Å²) < 4.78 is 18.9. The molecular formula is C4H4O3S2. The van der Waals surface area contributed by atoms with Gasteiger partial charge in [0.05, 0.1) is 0 Å². The molecule has 1 atom stereocenters. The van der Waals surface area contributed by atoms with Crippen LogP contribution in [0.1, 0.15) is 0 Å². The minimum Gasteiger partial charge on any atom is -0.499 e. The lowest BCUT2D eigenvalue weighted by atomic mass is 10.7. The van der Waals surface area contributed by atoms with Crippen molar-refractivity contribution in [2.75, 3.05) is 0 Å². The normalized spacial score (nSPS) is 13.4. The zero-order chi connectivity index (χ0) is 6.85. The van der Waals surface area contributed by atoms with E-state index in [1.807, 2.05) is 0 Å². The molecule has 2 N–H and O–H groups in total. The van der Waals surface area contributed by atoms with E-state index in [1.165, 1.54) is 12.1 Å². The van der Waals surface area contributed by atoms with E-state index < -0.39 is 11.1 Å². The van der Waals surface area contributed by atoms with Crippen LogP contribution >= 0.6 is 11.3 Å². The standard InChI is InChI=1S/C4H4O3S2/c5-3-1-2-4(8-3)9(6)7/h1-2,5H,(H,6,7). The molecule has 0 aliphatic heterocycles. The van der Waals surface area contributed by atoms with Gasteiger partial charge in [0.15, 0.2) is 16.1 Å². The van der Waals surface area contributed by atoms with E-state index in [-0.39, 0.29) is 9.27 Å². The first-order valence-electron chi connectivity index (χ1n) is 2.10. The molecule has 3 nitrogen and oxygen atoms in total. The van der Waals surface area contributed by atoms with Crippen LogP contribution < -0.4 is 0 Å². The zero-order valence-corrected chi connectivity index (χ0v) is 5.91. The zero-order valence-electron chi connectivity index (χ0n) is 4.27. The van der Waals surface area contributed by atoms with Crippen molar-refractivity contribution in [3.8, 4) is 5.06 Å². The summed E-state index contributed by atoms with van der Waals surface area (Å²) in [6, 6.07) is 2.80. The van der Waals surface area contributed by atoms with Crippen LogP contribution in [-0.2, 0) is 11.1 Å². The maximum Gasteiger partial charge on any atom is 0.197 e. The molecule has 0 aliphatic carbocycles. The molecule has 50 valence electrons. The molecule has 9 heavy (non-hydrogen) atoms. The van der Waals surface area contributed by atoms with Crippen LogP contribution in [0.3, 0.4) is 0 Å². The van der Waals surface area contributed by atoms with Crippen LogP contribution in [0.15, 0.2) is 16.3 Å². The molecule has 0 aromatic carbocycles. The lowest BCUT2D eigenvalue weighted by Crippen LogP contribution is -1.79. The fourth-order valence-electron chi connectivity index (χ4n) is 0.404. The van der Waals surface area contributed by atoms with Crippen molar-refractivity contribution in [2.24, 2.45) is 0 Å². The van der Waals surface area contributed by atoms with E-state index >= 15 is 0 Å². The highest BCUT2D eigenvalue weighted by Crippen LogP contribution is 2.24. The highest BCUT2D eigenvalue weighted by molar-refractivity contribution is 7.81. The number of rotatable bonds is 1. The van der Waals surface area contributed by atoms with Crippen LogP contribution in [-0.4, -0.2) is 13.9 Å². The summed E-state index contributed by atoms with van der Waals surface area (Å²) in [6.07, 6.45) is 0. The van der Waals surface area contributed by atoms with Crippen LogP contribution in [0.2, 0.25) is 0 Å². The summed E-state index contributed by atoms with van der Waals surface area (Å²) in [6.45, 7) is 0. The summed E-state index contributed by atoms with van der Waals surface area (Å²) >= 11 is -1.05. The largest absolute Gasteiger partial charge is 0.499 e. The summed E-state index contributed by atoms with van der Waals surface area (Å²) in [7, 11) is 0. The summed E-state index contributed by atoms with van der Waals surface area (Å²) in [5, 5.41) is 8.74. The second-order valence-corrected chi connectivity index (χ2v) is 3.60. The van der Waals surface area contributed by atoms with E-state index in [9.17, 15) is 4.21 Å². The predicted molar refractivity (Wildman–Crippen MR) is 35.0 cm³/mol. The second-order valence-electron chi connectivity index (χ2n) is 1.34. The smallest absolute Gasteiger partial charge is 0.197 e. The minimum absolute atomic E-state index is 0.0624. The van der Waals surface area contributed by atoms with Crippen molar-refractivity contribution in [1.82, 2.24) is 0 Å². The molecule has 0 saturated heterocycles. The molecular weight excluding hydrogens is 160 g/mol. The summed E-state index contributed by atoms with van der Waals surface area (Å²) in [5.41, 5.74) is 0. The van der Waals surface area contributed by atoms with Gasteiger partial charge in [-0.2, -0.15) is 0 Å². The third-order valence-corrected chi connectivity index (χ3v) is 2.58. The molecule has 1 heterocycles. The first kappa shape index (κ1) is 6.73. The Morgan fingerprint density at radius 1 is 1.56 bits per heavy atom. The van der Waals surface area contributed by atoms with Gasteiger partial charge in [-0.05, 0) is 12.1 Å². The fourth-order valence-corrected chi connectivity index (χ4v) is 1.61. The molecule has 0 saturated carbocycles. The van der Waals surface area contributed by atoms with E-state index in [0.717, 1.165) is 11.3 Å². The van der Waals surface area contributed by atoms with E-state index in [2.05, 4.69) is 0 Å². The number of aromatic hydroxyl groups is 1. The fraction of sp³-hybridized carbons (Fsp3) is 0. The van der Waals surface area contributed by atoms with Crippen molar-refractivity contribution >= 4 is 22.4 Å². The van der Waals surface area contributed by atoms with Gasteiger partial charge in [-0.25, -0.2) is 4.21 Å². The van der Waals surface area contributed by atoms with Gasteiger partial charge in [0.2, 0.25) is 0 Å². The third kappa shape index (κ3) is 1.51. The second kappa shape index (κ2) is 2.47. The highest BCUT2D eigenvalue weighted by atomic mass is 32.2.